The SMILES string of the molecule is Cc1occc1C(=O)N(CCC(=O)NC(C)C(C)C)CC1CCCO1. The van der Waals surface area contributed by atoms with E-state index in [4.69, 9.17) is 9.15 Å². The largest absolute Gasteiger partial charge is 0.469 e. The summed E-state index contributed by atoms with van der Waals surface area (Å²) in [5, 5.41) is 2.99. The molecule has 0 bridgehead atoms. The lowest BCUT2D eigenvalue weighted by atomic mass is 10.1. The van der Waals surface area contributed by atoms with Gasteiger partial charge in [-0.1, -0.05) is 13.8 Å². The van der Waals surface area contributed by atoms with E-state index in [9.17, 15) is 9.59 Å². The molecule has 6 nitrogen and oxygen atoms in total. The van der Waals surface area contributed by atoms with Crippen molar-refractivity contribution in [3.8, 4) is 0 Å². The maximum Gasteiger partial charge on any atom is 0.257 e. The molecule has 2 amide bonds. The van der Waals surface area contributed by atoms with Crippen LogP contribution in [0.2, 0.25) is 0 Å². The van der Waals surface area contributed by atoms with Gasteiger partial charge in [-0.25, -0.2) is 0 Å². The summed E-state index contributed by atoms with van der Waals surface area (Å²) in [5.41, 5.74) is 0.550. The molecule has 2 rings (SSSR count). The van der Waals surface area contributed by atoms with Crippen molar-refractivity contribution in [3.05, 3.63) is 23.7 Å². The highest BCUT2D eigenvalue weighted by molar-refractivity contribution is 5.95. The Kier molecular flexibility index (Phi) is 7.05. The van der Waals surface area contributed by atoms with Crippen LogP contribution >= 0.6 is 0 Å². The maximum atomic E-state index is 12.8. The Labute approximate surface area is 149 Å². The molecule has 1 fully saturated rings. The van der Waals surface area contributed by atoms with Crippen LogP contribution in [0.3, 0.4) is 0 Å². The summed E-state index contributed by atoms with van der Waals surface area (Å²) >= 11 is 0. The first-order valence-corrected chi connectivity index (χ1v) is 9.12. The van der Waals surface area contributed by atoms with E-state index in [1.165, 1.54) is 6.26 Å². The van der Waals surface area contributed by atoms with Gasteiger partial charge in [-0.05, 0) is 38.7 Å². The molecule has 0 radical (unpaired) electrons. The van der Waals surface area contributed by atoms with Gasteiger partial charge < -0.3 is 19.4 Å². The molecule has 1 aromatic rings. The van der Waals surface area contributed by atoms with Crippen molar-refractivity contribution >= 4 is 11.8 Å². The Morgan fingerprint density at radius 1 is 1.36 bits per heavy atom. The lowest BCUT2D eigenvalue weighted by Gasteiger charge is -2.26. The molecule has 140 valence electrons. The van der Waals surface area contributed by atoms with Crippen molar-refractivity contribution in [2.24, 2.45) is 5.92 Å². The number of carbonyl (C=O) groups is 2. The molecule has 6 heteroatoms. The molecule has 0 spiro atoms. The second-order valence-corrected chi connectivity index (χ2v) is 7.13. The summed E-state index contributed by atoms with van der Waals surface area (Å²) in [4.78, 5) is 26.7. The minimum Gasteiger partial charge on any atom is -0.469 e. The summed E-state index contributed by atoms with van der Waals surface area (Å²) in [5.74, 6) is 0.837. The molecule has 2 atom stereocenters. The standard InChI is InChI=1S/C19H30N2O4/c1-13(2)14(3)20-18(22)7-9-21(12-16-6-5-10-25-16)19(23)17-8-11-24-15(17)4/h8,11,13-14,16H,5-7,9-10,12H2,1-4H3,(H,20,22). The smallest absolute Gasteiger partial charge is 0.257 e. The van der Waals surface area contributed by atoms with Crippen LogP contribution in [0.4, 0.5) is 0 Å². The molecule has 0 aromatic carbocycles. The predicted octanol–water partition coefficient (Wildman–Crippen LogP) is 2.76. The van der Waals surface area contributed by atoms with Crippen molar-refractivity contribution < 1.29 is 18.7 Å². The molecule has 2 unspecified atom stereocenters. The van der Waals surface area contributed by atoms with Gasteiger partial charge in [-0.3, -0.25) is 9.59 Å². The van der Waals surface area contributed by atoms with Crippen LogP contribution < -0.4 is 5.32 Å². The van der Waals surface area contributed by atoms with E-state index in [2.05, 4.69) is 19.2 Å². The zero-order valence-corrected chi connectivity index (χ0v) is 15.7. The number of carbonyl (C=O) groups excluding carboxylic acids is 2. The molecule has 1 N–H and O–H groups in total. The average molecular weight is 350 g/mol. The first-order valence-electron chi connectivity index (χ1n) is 9.12. The van der Waals surface area contributed by atoms with E-state index in [0.717, 1.165) is 19.4 Å². The zero-order valence-electron chi connectivity index (χ0n) is 15.7. The zero-order chi connectivity index (χ0) is 18.4. The number of hydrogen-bond acceptors (Lipinski definition) is 4. The van der Waals surface area contributed by atoms with Crippen LogP contribution in [-0.2, 0) is 9.53 Å². The fraction of sp³-hybridized carbons (Fsp3) is 0.684. The van der Waals surface area contributed by atoms with Gasteiger partial charge in [0, 0.05) is 32.2 Å². The van der Waals surface area contributed by atoms with Crippen LogP contribution in [0.15, 0.2) is 16.7 Å². The normalized spacial score (nSPS) is 18.4. The first kappa shape index (κ1) is 19.5. The summed E-state index contributed by atoms with van der Waals surface area (Å²) < 4.78 is 10.9. The summed E-state index contributed by atoms with van der Waals surface area (Å²) in [6, 6.07) is 1.80. The van der Waals surface area contributed by atoms with E-state index in [1.54, 1.807) is 17.9 Å². The molecule has 1 aliphatic rings. The van der Waals surface area contributed by atoms with Crippen molar-refractivity contribution in [1.82, 2.24) is 10.2 Å². The molecule has 2 heterocycles. The van der Waals surface area contributed by atoms with Crippen molar-refractivity contribution in [3.63, 3.8) is 0 Å². The van der Waals surface area contributed by atoms with Gasteiger partial charge in [0.2, 0.25) is 5.91 Å². The van der Waals surface area contributed by atoms with Crippen LogP contribution in [-0.4, -0.2) is 48.6 Å². The van der Waals surface area contributed by atoms with E-state index >= 15 is 0 Å². The molecule has 1 aromatic heterocycles. The monoisotopic (exact) mass is 350 g/mol. The van der Waals surface area contributed by atoms with E-state index in [1.807, 2.05) is 6.92 Å². The number of hydrogen-bond donors (Lipinski definition) is 1. The summed E-state index contributed by atoms with van der Waals surface area (Å²) in [6.07, 6.45) is 3.82. The maximum absolute atomic E-state index is 12.8. The van der Waals surface area contributed by atoms with Gasteiger partial charge >= 0.3 is 0 Å². The third kappa shape index (κ3) is 5.59. The van der Waals surface area contributed by atoms with Gasteiger partial charge in [0.1, 0.15) is 5.76 Å². The Balaban J connectivity index is 1.97. The highest BCUT2D eigenvalue weighted by Gasteiger charge is 2.25. The quantitative estimate of drug-likeness (QED) is 0.782. The van der Waals surface area contributed by atoms with Crippen molar-refractivity contribution in [1.29, 1.82) is 0 Å². The minimum absolute atomic E-state index is 0.0322. The van der Waals surface area contributed by atoms with Gasteiger partial charge in [0.25, 0.3) is 5.91 Å². The second-order valence-electron chi connectivity index (χ2n) is 7.13. The van der Waals surface area contributed by atoms with E-state index < -0.39 is 0 Å². The number of aryl methyl sites for hydroxylation is 1. The fourth-order valence-electron chi connectivity index (χ4n) is 2.82. The number of ether oxygens (including phenoxy) is 1. The molecular formula is C19H30N2O4. The lowest BCUT2D eigenvalue weighted by molar-refractivity contribution is -0.122. The van der Waals surface area contributed by atoms with Crippen molar-refractivity contribution in [2.75, 3.05) is 19.7 Å². The first-order chi connectivity index (χ1) is 11.9. The number of rotatable bonds is 8. The van der Waals surface area contributed by atoms with Gasteiger partial charge in [0.05, 0.1) is 17.9 Å². The second kappa shape index (κ2) is 9.04. The van der Waals surface area contributed by atoms with Gasteiger partial charge in [-0.2, -0.15) is 0 Å². The van der Waals surface area contributed by atoms with Crippen LogP contribution in [0.1, 0.15) is 56.2 Å². The third-order valence-corrected chi connectivity index (χ3v) is 4.82. The Morgan fingerprint density at radius 3 is 2.68 bits per heavy atom. The number of furan rings is 1. The van der Waals surface area contributed by atoms with Gasteiger partial charge in [-0.15, -0.1) is 0 Å². The fourth-order valence-corrected chi connectivity index (χ4v) is 2.82. The Morgan fingerprint density at radius 2 is 2.12 bits per heavy atom. The molecule has 1 saturated heterocycles. The lowest BCUT2D eigenvalue weighted by Crippen LogP contribution is -2.42. The minimum atomic E-state index is -0.105. The highest BCUT2D eigenvalue weighted by atomic mass is 16.5. The molecule has 1 aliphatic heterocycles. The highest BCUT2D eigenvalue weighted by Crippen LogP contribution is 2.17. The topological polar surface area (TPSA) is 71.8 Å². The molecular weight excluding hydrogens is 320 g/mol. The third-order valence-electron chi connectivity index (χ3n) is 4.82. The van der Waals surface area contributed by atoms with Crippen LogP contribution in [0.25, 0.3) is 0 Å². The van der Waals surface area contributed by atoms with E-state index in [-0.39, 0.29) is 30.4 Å². The molecule has 0 aliphatic carbocycles. The number of amides is 2. The average Bonchev–Trinajstić information content (AvgIpc) is 3.22. The number of nitrogens with one attached hydrogen (secondary N) is 1. The molecule has 25 heavy (non-hydrogen) atoms. The van der Waals surface area contributed by atoms with Gasteiger partial charge in [0.15, 0.2) is 0 Å². The predicted molar refractivity (Wildman–Crippen MR) is 95.4 cm³/mol. The Bertz CT molecular complexity index is 576. The Hall–Kier alpha value is -1.82. The van der Waals surface area contributed by atoms with Crippen LogP contribution in [0, 0.1) is 12.8 Å². The van der Waals surface area contributed by atoms with E-state index in [0.29, 0.717) is 30.3 Å². The summed E-state index contributed by atoms with van der Waals surface area (Å²) in [6.45, 7) is 9.53. The number of nitrogens with zero attached hydrogens (tertiary/aromatic N) is 1. The van der Waals surface area contributed by atoms with Crippen molar-refractivity contribution in [2.45, 2.75) is 59.1 Å². The van der Waals surface area contributed by atoms with Crippen LogP contribution in [0.5, 0.6) is 0 Å². The summed E-state index contributed by atoms with van der Waals surface area (Å²) in [7, 11) is 0. The molecule has 0 saturated carbocycles.